The third-order valence-electron chi connectivity index (χ3n) is 4.57. The molecule has 10 heteroatoms. The Bertz CT molecular complexity index is 781. The third-order valence-corrected chi connectivity index (χ3v) is 6.40. The lowest BCUT2D eigenvalue weighted by Crippen LogP contribution is -2.44. The molecule has 2 N–H and O–H groups in total. The van der Waals surface area contributed by atoms with E-state index in [2.05, 4.69) is 15.6 Å². The van der Waals surface area contributed by atoms with Crippen molar-refractivity contribution in [2.75, 3.05) is 34.2 Å². The first-order valence-corrected chi connectivity index (χ1v) is 10.5. The normalized spacial score (nSPS) is 17.4. The van der Waals surface area contributed by atoms with Gasteiger partial charge < -0.3 is 15.5 Å². The zero-order valence-corrected chi connectivity index (χ0v) is 20.0. The smallest absolute Gasteiger partial charge is 0.242 e. The molecule has 1 heterocycles. The number of sulfonamides is 1. The molecule has 1 saturated heterocycles. The highest BCUT2D eigenvalue weighted by Crippen LogP contribution is 2.14. The van der Waals surface area contributed by atoms with Gasteiger partial charge in [-0.05, 0) is 24.1 Å². The Kier molecular flexibility index (Phi) is 9.64. The Morgan fingerprint density at radius 3 is 2.46 bits per heavy atom. The SMILES string of the molecule is CCC(=O)N1CCC(NC(=NC)NCc2ccc(S(=O)(=O)N(C)C)cc2)C1.I. The van der Waals surface area contributed by atoms with Gasteiger partial charge in [-0.15, -0.1) is 24.0 Å². The first-order chi connectivity index (χ1) is 12.8. The molecule has 1 atom stereocenters. The van der Waals surface area contributed by atoms with E-state index in [4.69, 9.17) is 0 Å². The molecule has 1 aliphatic heterocycles. The highest BCUT2D eigenvalue weighted by molar-refractivity contribution is 14.0. The van der Waals surface area contributed by atoms with Crippen LogP contribution in [-0.2, 0) is 21.4 Å². The summed E-state index contributed by atoms with van der Waals surface area (Å²) >= 11 is 0. The second-order valence-corrected chi connectivity index (χ2v) is 8.83. The average molecular weight is 523 g/mol. The molecule has 2 rings (SSSR count). The van der Waals surface area contributed by atoms with Gasteiger partial charge in [0, 0.05) is 53.2 Å². The monoisotopic (exact) mass is 523 g/mol. The van der Waals surface area contributed by atoms with Gasteiger partial charge in [0.2, 0.25) is 15.9 Å². The number of aliphatic imine (C=N–C) groups is 1. The standard InChI is InChI=1S/C18H29N5O3S.HI/c1-5-17(24)23-11-10-15(13-23)21-18(19-2)20-12-14-6-8-16(9-7-14)27(25,26)22(3)4;/h6-9,15H,5,10-13H2,1-4H3,(H2,19,20,21);1H. The van der Waals surface area contributed by atoms with Gasteiger partial charge in [0.15, 0.2) is 5.96 Å². The van der Waals surface area contributed by atoms with Gasteiger partial charge in [-0.3, -0.25) is 9.79 Å². The maximum absolute atomic E-state index is 12.1. The number of benzene rings is 1. The molecule has 0 saturated carbocycles. The van der Waals surface area contributed by atoms with Gasteiger partial charge in [-0.25, -0.2) is 12.7 Å². The molecular weight excluding hydrogens is 493 g/mol. The fourth-order valence-corrected chi connectivity index (χ4v) is 3.79. The van der Waals surface area contributed by atoms with Crippen LogP contribution in [0.1, 0.15) is 25.3 Å². The summed E-state index contributed by atoms with van der Waals surface area (Å²) in [5.41, 5.74) is 0.949. The van der Waals surface area contributed by atoms with E-state index in [1.54, 1.807) is 31.3 Å². The second-order valence-electron chi connectivity index (χ2n) is 6.68. The van der Waals surface area contributed by atoms with E-state index >= 15 is 0 Å². The second kappa shape index (κ2) is 11.0. The molecule has 1 aromatic carbocycles. The number of carbonyl (C=O) groups is 1. The van der Waals surface area contributed by atoms with Crippen molar-refractivity contribution in [3.63, 3.8) is 0 Å². The van der Waals surface area contributed by atoms with Crippen LogP contribution in [-0.4, -0.2) is 69.8 Å². The summed E-state index contributed by atoms with van der Waals surface area (Å²) in [5, 5.41) is 6.57. The van der Waals surface area contributed by atoms with Crippen LogP contribution in [0.2, 0.25) is 0 Å². The fourth-order valence-electron chi connectivity index (χ4n) is 2.89. The van der Waals surface area contributed by atoms with Gasteiger partial charge in [-0.2, -0.15) is 0 Å². The number of rotatable bonds is 6. The van der Waals surface area contributed by atoms with E-state index < -0.39 is 10.0 Å². The molecule has 28 heavy (non-hydrogen) atoms. The molecule has 158 valence electrons. The molecule has 0 aliphatic carbocycles. The maximum Gasteiger partial charge on any atom is 0.242 e. The molecule has 1 fully saturated rings. The lowest BCUT2D eigenvalue weighted by Gasteiger charge is -2.19. The van der Waals surface area contributed by atoms with E-state index in [0.717, 1.165) is 18.5 Å². The van der Waals surface area contributed by atoms with Crippen molar-refractivity contribution in [1.29, 1.82) is 0 Å². The van der Waals surface area contributed by atoms with Crippen LogP contribution in [0.15, 0.2) is 34.2 Å². The Morgan fingerprint density at radius 2 is 1.93 bits per heavy atom. The van der Waals surface area contributed by atoms with Crippen molar-refractivity contribution in [1.82, 2.24) is 19.8 Å². The topological polar surface area (TPSA) is 94.1 Å². The summed E-state index contributed by atoms with van der Waals surface area (Å²) in [5.74, 6) is 0.839. The highest BCUT2D eigenvalue weighted by Gasteiger charge is 2.25. The lowest BCUT2D eigenvalue weighted by atomic mass is 10.2. The Morgan fingerprint density at radius 1 is 1.29 bits per heavy atom. The third kappa shape index (κ3) is 6.31. The van der Waals surface area contributed by atoms with Crippen molar-refractivity contribution < 1.29 is 13.2 Å². The van der Waals surface area contributed by atoms with Crippen LogP contribution in [0, 0.1) is 0 Å². The number of halogens is 1. The van der Waals surface area contributed by atoms with Crippen LogP contribution in [0.4, 0.5) is 0 Å². The minimum atomic E-state index is -3.42. The summed E-state index contributed by atoms with van der Waals surface area (Å²) in [6.45, 7) is 3.85. The van der Waals surface area contributed by atoms with E-state index in [0.29, 0.717) is 25.5 Å². The molecule has 0 spiro atoms. The average Bonchev–Trinajstić information content (AvgIpc) is 3.13. The minimum absolute atomic E-state index is 0. The van der Waals surface area contributed by atoms with Gasteiger partial charge >= 0.3 is 0 Å². The molecule has 0 radical (unpaired) electrons. The number of guanidine groups is 1. The van der Waals surface area contributed by atoms with Gasteiger partial charge in [-0.1, -0.05) is 19.1 Å². The number of hydrogen-bond acceptors (Lipinski definition) is 4. The van der Waals surface area contributed by atoms with Crippen LogP contribution in [0.5, 0.6) is 0 Å². The van der Waals surface area contributed by atoms with Crippen LogP contribution < -0.4 is 10.6 Å². The van der Waals surface area contributed by atoms with Crippen molar-refractivity contribution in [3.05, 3.63) is 29.8 Å². The number of nitrogens with zero attached hydrogens (tertiary/aromatic N) is 3. The zero-order valence-electron chi connectivity index (χ0n) is 16.8. The quantitative estimate of drug-likeness (QED) is 0.333. The Labute approximate surface area is 184 Å². The van der Waals surface area contributed by atoms with Gasteiger partial charge in [0.25, 0.3) is 0 Å². The van der Waals surface area contributed by atoms with E-state index in [1.807, 2.05) is 11.8 Å². The first-order valence-electron chi connectivity index (χ1n) is 9.04. The number of likely N-dealkylation sites (tertiary alicyclic amines) is 1. The minimum Gasteiger partial charge on any atom is -0.352 e. The van der Waals surface area contributed by atoms with Crippen LogP contribution in [0.25, 0.3) is 0 Å². The molecule has 1 unspecified atom stereocenters. The van der Waals surface area contributed by atoms with Crippen LogP contribution in [0.3, 0.4) is 0 Å². The van der Waals surface area contributed by atoms with E-state index in [1.165, 1.54) is 18.4 Å². The van der Waals surface area contributed by atoms with Crippen molar-refractivity contribution in [2.24, 2.45) is 4.99 Å². The predicted molar refractivity (Wildman–Crippen MR) is 121 cm³/mol. The van der Waals surface area contributed by atoms with E-state index in [-0.39, 0.29) is 40.8 Å². The van der Waals surface area contributed by atoms with Gasteiger partial charge in [0.1, 0.15) is 0 Å². The molecule has 8 nitrogen and oxygen atoms in total. The Hall–Kier alpha value is -1.40. The van der Waals surface area contributed by atoms with Crippen LogP contribution >= 0.6 is 24.0 Å². The van der Waals surface area contributed by atoms with Crippen molar-refractivity contribution in [2.45, 2.75) is 37.2 Å². The molecule has 0 bridgehead atoms. The summed E-state index contributed by atoms with van der Waals surface area (Å²) in [6, 6.07) is 6.96. The summed E-state index contributed by atoms with van der Waals surface area (Å²) in [6.07, 6.45) is 1.42. The zero-order chi connectivity index (χ0) is 20.0. The maximum atomic E-state index is 12.1. The van der Waals surface area contributed by atoms with Crippen molar-refractivity contribution in [3.8, 4) is 0 Å². The molecule has 1 amide bonds. The fraction of sp³-hybridized carbons (Fsp3) is 0.556. The number of hydrogen-bond donors (Lipinski definition) is 2. The number of nitrogens with one attached hydrogen (secondary N) is 2. The predicted octanol–water partition coefficient (Wildman–Crippen LogP) is 1.23. The largest absolute Gasteiger partial charge is 0.352 e. The van der Waals surface area contributed by atoms with Gasteiger partial charge in [0.05, 0.1) is 4.90 Å². The number of carbonyl (C=O) groups excluding carboxylic acids is 1. The molecular formula is C18H30IN5O3S. The molecule has 0 aromatic heterocycles. The summed E-state index contributed by atoms with van der Waals surface area (Å²) in [7, 11) is 1.31. The van der Waals surface area contributed by atoms with E-state index in [9.17, 15) is 13.2 Å². The lowest BCUT2D eigenvalue weighted by molar-refractivity contribution is -0.129. The first kappa shape index (κ1) is 24.6. The summed E-state index contributed by atoms with van der Waals surface area (Å²) < 4.78 is 25.4. The summed E-state index contributed by atoms with van der Waals surface area (Å²) in [4.78, 5) is 18.1. The molecule has 1 aliphatic rings. The number of amides is 1. The highest BCUT2D eigenvalue weighted by atomic mass is 127. The van der Waals surface area contributed by atoms with Crippen molar-refractivity contribution >= 4 is 45.9 Å². The Balaban J connectivity index is 0.00000392. The molecule has 1 aromatic rings.